The highest BCUT2D eigenvalue weighted by molar-refractivity contribution is 7.89. The highest BCUT2D eigenvalue weighted by atomic mass is 32.2. The van der Waals surface area contributed by atoms with Crippen LogP contribution in [0.3, 0.4) is 0 Å². The van der Waals surface area contributed by atoms with Crippen molar-refractivity contribution < 1.29 is 13.2 Å². The van der Waals surface area contributed by atoms with Crippen LogP contribution in [0.2, 0.25) is 0 Å². The Morgan fingerprint density at radius 3 is 2.27 bits per heavy atom. The molecule has 3 atom stereocenters. The standard InChI is InChI=1S/C20H28N2O3S/c1-15-7-6-8-16(2)22(15)26(24,25)19-13-11-18(12-14-19)21-20(23)17-9-4-3-5-10-17/h3-4,11-17H,5-10H2,1-2H3,(H,21,23). The first-order valence-corrected chi connectivity index (χ1v) is 10.9. The number of piperidine rings is 1. The maximum atomic E-state index is 13.0. The third kappa shape index (κ3) is 4.01. The lowest BCUT2D eigenvalue weighted by molar-refractivity contribution is -0.120. The summed E-state index contributed by atoms with van der Waals surface area (Å²) in [5.74, 6) is 0.00157. The molecule has 1 aliphatic heterocycles. The Labute approximate surface area is 156 Å². The molecule has 142 valence electrons. The second kappa shape index (κ2) is 7.92. The van der Waals surface area contributed by atoms with E-state index in [0.29, 0.717) is 5.69 Å². The molecule has 0 radical (unpaired) electrons. The molecule has 0 spiro atoms. The first-order valence-electron chi connectivity index (χ1n) is 9.49. The van der Waals surface area contributed by atoms with E-state index in [4.69, 9.17) is 0 Å². The van der Waals surface area contributed by atoms with Crippen LogP contribution in [0.25, 0.3) is 0 Å². The Morgan fingerprint density at radius 2 is 1.69 bits per heavy atom. The number of hydrogen-bond acceptors (Lipinski definition) is 3. The largest absolute Gasteiger partial charge is 0.326 e. The number of carbonyl (C=O) groups is 1. The zero-order chi connectivity index (χ0) is 18.7. The fraction of sp³-hybridized carbons (Fsp3) is 0.550. The molecule has 26 heavy (non-hydrogen) atoms. The van der Waals surface area contributed by atoms with Crippen LogP contribution in [0.5, 0.6) is 0 Å². The maximum Gasteiger partial charge on any atom is 0.243 e. The number of rotatable bonds is 4. The van der Waals surface area contributed by atoms with Gasteiger partial charge in [0.2, 0.25) is 15.9 Å². The lowest BCUT2D eigenvalue weighted by atomic mass is 9.93. The molecule has 5 nitrogen and oxygen atoms in total. The minimum Gasteiger partial charge on any atom is -0.326 e. The van der Waals surface area contributed by atoms with Gasteiger partial charge >= 0.3 is 0 Å². The van der Waals surface area contributed by atoms with Crippen LogP contribution in [0, 0.1) is 5.92 Å². The minimum atomic E-state index is -3.51. The van der Waals surface area contributed by atoms with Crippen LogP contribution in [0.1, 0.15) is 52.4 Å². The third-order valence-electron chi connectivity index (χ3n) is 5.45. The van der Waals surface area contributed by atoms with Crippen molar-refractivity contribution in [3.8, 4) is 0 Å². The molecule has 0 bridgehead atoms. The van der Waals surface area contributed by atoms with E-state index in [2.05, 4.69) is 11.4 Å². The first kappa shape index (κ1) is 19.1. The average Bonchev–Trinajstić information content (AvgIpc) is 2.62. The molecule has 1 aromatic carbocycles. The van der Waals surface area contributed by atoms with E-state index >= 15 is 0 Å². The first-order chi connectivity index (χ1) is 12.4. The number of allylic oxidation sites excluding steroid dienone is 2. The van der Waals surface area contributed by atoms with Crippen LogP contribution in [-0.2, 0) is 14.8 Å². The Morgan fingerprint density at radius 1 is 1.04 bits per heavy atom. The average molecular weight is 377 g/mol. The van der Waals surface area contributed by atoms with E-state index in [1.165, 1.54) is 0 Å². The van der Waals surface area contributed by atoms with Crippen molar-refractivity contribution in [2.75, 3.05) is 5.32 Å². The molecule has 3 rings (SSSR count). The molecular weight excluding hydrogens is 348 g/mol. The van der Waals surface area contributed by atoms with E-state index in [0.717, 1.165) is 38.5 Å². The normalized spacial score (nSPS) is 27.2. The van der Waals surface area contributed by atoms with Gasteiger partial charge in [0.15, 0.2) is 0 Å². The fourth-order valence-corrected chi connectivity index (χ4v) is 5.86. The third-order valence-corrected chi connectivity index (χ3v) is 7.59. The molecule has 1 heterocycles. The Hall–Kier alpha value is -1.66. The smallest absolute Gasteiger partial charge is 0.243 e. The summed E-state index contributed by atoms with van der Waals surface area (Å²) in [6.45, 7) is 3.95. The van der Waals surface area contributed by atoms with Gasteiger partial charge in [-0.3, -0.25) is 4.79 Å². The van der Waals surface area contributed by atoms with Gasteiger partial charge in [0.1, 0.15) is 0 Å². The molecule has 1 fully saturated rings. The molecule has 2 aliphatic rings. The molecule has 1 aromatic rings. The summed E-state index contributed by atoms with van der Waals surface area (Å²) >= 11 is 0. The number of nitrogens with zero attached hydrogens (tertiary/aromatic N) is 1. The summed E-state index contributed by atoms with van der Waals surface area (Å²) < 4.78 is 27.7. The number of amides is 1. The van der Waals surface area contributed by atoms with E-state index in [-0.39, 0.29) is 28.8 Å². The van der Waals surface area contributed by atoms with Crippen LogP contribution < -0.4 is 5.32 Å². The van der Waals surface area contributed by atoms with Crippen molar-refractivity contribution in [3.63, 3.8) is 0 Å². The van der Waals surface area contributed by atoms with Gasteiger partial charge in [-0.15, -0.1) is 0 Å². The molecular formula is C20H28N2O3S. The quantitative estimate of drug-likeness (QED) is 0.810. The predicted octanol–water partition coefficient (Wildman–Crippen LogP) is 3.93. The van der Waals surface area contributed by atoms with Crippen LogP contribution in [-0.4, -0.2) is 30.7 Å². The lowest BCUT2D eigenvalue weighted by Crippen LogP contribution is -2.47. The van der Waals surface area contributed by atoms with E-state index in [1.807, 2.05) is 19.9 Å². The maximum absolute atomic E-state index is 13.0. The number of anilines is 1. The van der Waals surface area contributed by atoms with Crippen molar-refractivity contribution in [3.05, 3.63) is 36.4 Å². The monoisotopic (exact) mass is 376 g/mol. The number of sulfonamides is 1. The number of nitrogens with one attached hydrogen (secondary N) is 1. The molecule has 1 N–H and O–H groups in total. The minimum absolute atomic E-state index is 0.00143. The second-order valence-electron chi connectivity index (χ2n) is 7.46. The van der Waals surface area contributed by atoms with Crippen molar-refractivity contribution >= 4 is 21.6 Å². The fourth-order valence-electron chi connectivity index (χ4n) is 3.98. The van der Waals surface area contributed by atoms with Gasteiger partial charge in [-0.05, 0) is 70.2 Å². The highest BCUT2D eigenvalue weighted by Crippen LogP contribution is 2.30. The Bertz CT molecular complexity index is 761. The van der Waals surface area contributed by atoms with Gasteiger partial charge < -0.3 is 5.32 Å². The summed E-state index contributed by atoms with van der Waals surface area (Å²) in [6.07, 6.45) is 9.57. The van der Waals surface area contributed by atoms with Crippen LogP contribution in [0.4, 0.5) is 5.69 Å². The predicted molar refractivity (Wildman–Crippen MR) is 103 cm³/mol. The van der Waals surface area contributed by atoms with Gasteiger partial charge in [-0.1, -0.05) is 18.6 Å². The van der Waals surface area contributed by atoms with Crippen LogP contribution in [0.15, 0.2) is 41.3 Å². The van der Waals surface area contributed by atoms with Crippen molar-refractivity contribution in [2.24, 2.45) is 5.92 Å². The Balaban J connectivity index is 1.72. The van der Waals surface area contributed by atoms with Crippen LogP contribution >= 0.6 is 0 Å². The lowest BCUT2D eigenvalue weighted by Gasteiger charge is -2.37. The van der Waals surface area contributed by atoms with Crippen molar-refractivity contribution in [1.82, 2.24) is 4.31 Å². The summed E-state index contributed by atoms with van der Waals surface area (Å²) in [7, 11) is -3.51. The van der Waals surface area contributed by atoms with Crippen molar-refractivity contribution in [2.45, 2.75) is 69.4 Å². The summed E-state index contributed by atoms with van der Waals surface area (Å²) in [5, 5.41) is 2.91. The topological polar surface area (TPSA) is 66.5 Å². The highest BCUT2D eigenvalue weighted by Gasteiger charge is 2.35. The van der Waals surface area contributed by atoms with E-state index in [9.17, 15) is 13.2 Å². The molecule has 1 amide bonds. The van der Waals surface area contributed by atoms with E-state index < -0.39 is 10.0 Å². The molecule has 6 heteroatoms. The van der Waals surface area contributed by atoms with Gasteiger partial charge in [0.25, 0.3) is 0 Å². The SMILES string of the molecule is CC1CCCC(C)N1S(=O)(=O)c1ccc(NC(=O)C2CC=CCC2)cc1. The zero-order valence-corrected chi connectivity index (χ0v) is 16.3. The number of hydrogen-bond donors (Lipinski definition) is 1. The molecule has 1 saturated heterocycles. The number of carbonyl (C=O) groups excluding carboxylic acids is 1. The number of benzene rings is 1. The summed E-state index contributed by atoms with van der Waals surface area (Å²) in [4.78, 5) is 12.6. The van der Waals surface area contributed by atoms with Crippen molar-refractivity contribution in [1.29, 1.82) is 0 Å². The van der Waals surface area contributed by atoms with Gasteiger partial charge in [0, 0.05) is 23.7 Å². The van der Waals surface area contributed by atoms with Gasteiger partial charge in [-0.2, -0.15) is 4.31 Å². The van der Waals surface area contributed by atoms with Gasteiger partial charge in [0.05, 0.1) is 4.90 Å². The second-order valence-corrected chi connectivity index (χ2v) is 9.30. The summed E-state index contributed by atoms with van der Waals surface area (Å²) in [5.41, 5.74) is 0.642. The van der Waals surface area contributed by atoms with E-state index in [1.54, 1.807) is 28.6 Å². The molecule has 0 saturated carbocycles. The molecule has 3 unspecified atom stereocenters. The van der Waals surface area contributed by atoms with Gasteiger partial charge in [-0.25, -0.2) is 8.42 Å². The molecule has 1 aliphatic carbocycles. The Kier molecular flexibility index (Phi) is 5.82. The zero-order valence-electron chi connectivity index (χ0n) is 15.5. The summed E-state index contributed by atoms with van der Waals surface area (Å²) in [6, 6.07) is 6.59. The molecule has 0 aromatic heterocycles.